The molecule has 92 valence electrons. The molecule has 0 unspecified atom stereocenters. The van der Waals surface area contributed by atoms with Crippen LogP contribution in [0.4, 0.5) is 0 Å². The summed E-state index contributed by atoms with van der Waals surface area (Å²) in [6.45, 7) is 8.05. The van der Waals surface area contributed by atoms with Crippen molar-refractivity contribution in [3.8, 4) is 0 Å². The van der Waals surface area contributed by atoms with Gasteiger partial charge in [-0.05, 0) is 31.4 Å². The van der Waals surface area contributed by atoms with Gasteiger partial charge in [0, 0.05) is 19.1 Å². The van der Waals surface area contributed by atoms with E-state index in [2.05, 4.69) is 26.1 Å². The molecule has 0 spiro atoms. The summed E-state index contributed by atoms with van der Waals surface area (Å²) in [6, 6.07) is 0.579. The first-order valence-corrected chi connectivity index (χ1v) is 6.08. The standard InChI is InChI=1S/C13H24N2O/c1-13(2,3)8-5-12(16)15-9-6-11(14-4)7-10-15/h5,8,11,14H,6-7,9-10H2,1-4H3/b8-5+. The quantitative estimate of drug-likeness (QED) is 0.725. The largest absolute Gasteiger partial charge is 0.339 e. The molecule has 0 aliphatic carbocycles. The van der Waals surface area contributed by atoms with Crippen molar-refractivity contribution >= 4 is 5.91 Å². The summed E-state index contributed by atoms with van der Waals surface area (Å²) in [7, 11) is 1.99. The highest BCUT2D eigenvalue weighted by Crippen LogP contribution is 2.15. The zero-order valence-electron chi connectivity index (χ0n) is 10.9. The lowest BCUT2D eigenvalue weighted by Crippen LogP contribution is -2.43. The molecular weight excluding hydrogens is 200 g/mol. The summed E-state index contributed by atoms with van der Waals surface area (Å²) in [6.07, 6.45) is 5.83. The van der Waals surface area contributed by atoms with Gasteiger partial charge in [-0.25, -0.2) is 0 Å². The number of carbonyl (C=O) groups is 1. The highest BCUT2D eigenvalue weighted by atomic mass is 16.2. The minimum absolute atomic E-state index is 0.0823. The fourth-order valence-electron chi connectivity index (χ4n) is 1.82. The van der Waals surface area contributed by atoms with E-state index in [1.54, 1.807) is 6.08 Å². The molecule has 1 saturated heterocycles. The van der Waals surface area contributed by atoms with Crippen LogP contribution in [-0.2, 0) is 4.79 Å². The zero-order valence-corrected chi connectivity index (χ0v) is 10.9. The maximum Gasteiger partial charge on any atom is 0.246 e. The molecule has 1 fully saturated rings. The fraction of sp³-hybridized carbons (Fsp3) is 0.769. The second kappa shape index (κ2) is 5.48. The predicted octanol–water partition coefficient (Wildman–Crippen LogP) is 1.80. The van der Waals surface area contributed by atoms with E-state index < -0.39 is 0 Å². The fourth-order valence-corrected chi connectivity index (χ4v) is 1.82. The average Bonchev–Trinajstić information content (AvgIpc) is 2.25. The van der Waals surface area contributed by atoms with E-state index in [-0.39, 0.29) is 11.3 Å². The number of likely N-dealkylation sites (tertiary alicyclic amines) is 1. The molecule has 0 saturated carbocycles. The third-order valence-corrected chi connectivity index (χ3v) is 2.94. The molecule has 16 heavy (non-hydrogen) atoms. The van der Waals surface area contributed by atoms with Crippen molar-refractivity contribution in [1.29, 1.82) is 0 Å². The smallest absolute Gasteiger partial charge is 0.246 e. The zero-order chi connectivity index (χ0) is 12.2. The van der Waals surface area contributed by atoms with Gasteiger partial charge in [0.2, 0.25) is 5.91 Å². The van der Waals surface area contributed by atoms with E-state index in [1.165, 1.54) is 0 Å². The summed E-state index contributed by atoms with van der Waals surface area (Å²) in [5, 5.41) is 3.26. The lowest BCUT2D eigenvalue weighted by Gasteiger charge is -2.31. The number of allylic oxidation sites excluding steroid dienone is 1. The molecule has 0 aromatic heterocycles. The second-order valence-corrected chi connectivity index (χ2v) is 5.59. The number of nitrogens with zero attached hydrogens (tertiary/aromatic N) is 1. The molecule has 1 aliphatic heterocycles. The van der Waals surface area contributed by atoms with Crippen molar-refractivity contribution in [2.75, 3.05) is 20.1 Å². The Morgan fingerprint density at radius 3 is 2.31 bits per heavy atom. The van der Waals surface area contributed by atoms with Crippen molar-refractivity contribution in [1.82, 2.24) is 10.2 Å². The molecule has 3 nitrogen and oxygen atoms in total. The van der Waals surface area contributed by atoms with E-state index in [1.807, 2.05) is 18.0 Å². The van der Waals surface area contributed by atoms with Gasteiger partial charge in [-0.15, -0.1) is 0 Å². The average molecular weight is 224 g/mol. The van der Waals surface area contributed by atoms with Crippen LogP contribution in [0.15, 0.2) is 12.2 Å². The molecule has 1 amide bonds. The van der Waals surface area contributed by atoms with Gasteiger partial charge in [0.1, 0.15) is 0 Å². The first-order valence-electron chi connectivity index (χ1n) is 6.08. The molecule has 0 atom stereocenters. The Bertz CT molecular complexity index is 258. The topological polar surface area (TPSA) is 32.3 Å². The van der Waals surface area contributed by atoms with Crippen LogP contribution in [0, 0.1) is 5.41 Å². The Hall–Kier alpha value is -0.830. The normalized spacial score (nSPS) is 19.4. The molecule has 1 aliphatic rings. The van der Waals surface area contributed by atoms with E-state index in [9.17, 15) is 4.79 Å². The molecular formula is C13H24N2O. The van der Waals surface area contributed by atoms with E-state index in [0.29, 0.717) is 6.04 Å². The van der Waals surface area contributed by atoms with E-state index in [4.69, 9.17) is 0 Å². The van der Waals surface area contributed by atoms with Crippen LogP contribution < -0.4 is 5.32 Å². The minimum Gasteiger partial charge on any atom is -0.339 e. The Morgan fingerprint density at radius 1 is 1.31 bits per heavy atom. The number of hydrogen-bond donors (Lipinski definition) is 1. The molecule has 0 radical (unpaired) electrons. The Kier molecular flexibility index (Phi) is 4.54. The first kappa shape index (κ1) is 13.2. The van der Waals surface area contributed by atoms with Gasteiger partial charge in [0.25, 0.3) is 0 Å². The van der Waals surface area contributed by atoms with Crippen LogP contribution in [0.25, 0.3) is 0 Å². The van der Waals surface area contributed by atoms with Crippen molar-refractivity contribution in [2.24, 2.45) is 5.41 Å². The summed E-state index contributed by atoms with van der Waals surface area (Å²) in [5.74, 6) is 0.157. The van der Waals surface area contributed by atoms with Gasteiger partial charge in [-0.3, -0.25) is 4.79 Å². The molecule has 1 heterocycles. The predicted molar refractivity (Wildman–Crippen MR) is 67.3 cm³/mol. The van der Waals surface area contributed by atoms with Crippen molar-refractivity contribution in [3.63, 3.8) is 0 Å². The number of rotatable bonds is 2. The van der Waals surface area contributed by atoms with Gasteiger partial charge in [-0.2, -0.15) is 0 Å². The summed E-state index contributed by atoms with van der Waals surface area (Å²) >= 11 is 0. The number of amides is 1. The Balaban J connectivity index is 2.42. The Labute approximate surface area is 98.9 Å². The summed E-state index contributed by atoms with van der Waals surface area (Å²) in [5.41, 5.74) is 0.0823. The number of hydrogen-bond acceptors (Lipinski definition) is 2. The van der Waals surface area contributed by atoms with Gasteiger partial charge in [-0.1, -0.05) is 26.8 Å². The van der Waals surface area contributed by atoms with Crippen LogP contribution in [0.3, 0.4) is 0 Å². The van der Waals surface area contributed by atoms with Gasteiger partial charge >= 0.3 is 0 Å². The SMILES string of the molecule is CNC1CCN(C(=O)/C=C/C(C)(C)C)CC1. The molecule has 0 aromatic rings. The Morgan fingerprint density at radius 2 is 1.88 bits per heavy atom. The van der Waals surface area contributed by atoms with Crippen LogP contribution in [-0.4, -0.2) is 37.0 Å². The first-order chi connectivity index (χ1) is 7.42. The van der Waals surface area contributed by atoms with Crippen LogP contribution in [0.2, 0.25) is 0 Å². The van der Waals surface area contributed by atoms with Gasteiger partial charge < -0.3 is 10.2 Å². The second-order valence-electron chi connectivity index (χ2n) is 5.59. The molecule has 3 heteroatoms. The highest BCUT2D eigenvalue weighted by Gasteiger charge is 2.20. The van der Waals surface area contributed by atoms with E-state index >= 15 is 0 Å². The maximum atomic E-state index is 11.9. The van der Waals surface area contributed by atoms with Crippen LogP contribution >= 0.6 is 0 Å². The van der Waals surface area contributed by atoms with Crippen LogP contribution in [0.5, 0.6) is 0 Å². The third kappa shape index (κ3) is 4.35. The third-order valence-electron chi connectivity index (χ3n) is 2.94. The maximum absolute atomic E-state index is 11.9. The van der Waals surface area contributed by atoms with Gasteiger partial charge in [0.05, 0.1) is 0 Å². The number of carbonyl (C=O) groups excluding carboxylic acids is 1. The van der Waals surface area contributed by atoms with E-state index in [0.717, 1.165) is 25.9 Å². The van der Waals surface area contributed by atoms with Gasteiger partial charge in [0.15, 0.2) is 0 Å². The van der Waals surface area contributed by atoms with Crippen molar-refractivity contribution in [3.05, 3.63) is 12.2 Å². The highest BCUT2D eigenvalue weighted by molar-refractivity contribution is 5.87. The number of nitrogens with one attached hydrogen (secondary N) is 1. The molecule has 1 N–H and O–H groups in total. The van der Waals surface area contributed by atoms with Crippen LogP contribution in [0.1, 0.15) is 33.6 Å². The van der Waals surface area contributed by atoms with Crippen molar-refractivity contribution in [2.45, 2.75) is 39.7 Å². The number of piperidine rings is 1. The molecule has 1 rings (SSSR count). The summed E-state index contributed by atoms with van der Waals surface area (Å²) in [4.78, 5) is 13.8. The van der Waals surface area contributed by atoms with Crippen molar-refractivity contribution < 1.29 is 4.79 Å². The summed E-state index contributed by atoms with van der Waals surface area (Å²) < 4.78 is 0. The minimum atomic E-state index is 0.0823. The monoisotopic (exact) mass is 224 g/mol. The molecule has 0 bridgehead atoms. The lowest BCUT2D eigenvalue weighted by molar-refractivity contribution is -0.127. The lowest BCUT2D eigenvalue weighted by atomic mass is 9.96. The molecule has 0 aromatic carbocycles.